The van der Waals surface area contributed by atoms with E-state index in [0.29, 0.717) is 29.3 Å². The number of carbonyl (C=O) groups excluding carboxylic acids is 4. The lowest BCUT2D eigenvalue weighted by molar-refractivity contribution is 0.0942. The molecule has 0 saturated heterocycles. The number of thiophene rings is 1. The van der Waals surface area contributed by atoms with Crippen LogP contribution in [0.15, 0.2) is 48.2 Å². The second kappa shape index (κ2) is 12.9. The highest BCUT2D eigenvalue weighted by atomic mass is 32.1. The zero-order valence-electron chi connectivity index (χ0n) is 23.9. The second-order valence-electron chi connectivity index (χ2n) is 10.0. The number of amides is 4. The highest BCUT2D eigenvalue weighted by Gasteiger charge is 2.20. The van der Waals surface area contributed by atoms with Gasteiger partial charge in [-0.25, -0.2) is 4.39 Å². The van der Waals surface area contributed by atoms with E-state index in [1.54, 1.807) is 54.9 Å². The summed E-state index contributed by atoms with van der Waals surface area (Å²) in [7, 11) is 8.97. The van der Waals surface area contributed by atoms with Crippen LogP contribution >= 0.6 is 11.3 Å². The molecular weight excluding hydrogens is 563 g/mol. The van der Waals surface area contributed by atoms with Crippen LogP contribution in [0, 0.1) is 5.82 Å². The van der Waals surface area contributed by atoms with E-state index < -0.39 is 23.5 Å². The van der Waals surface area contributed by atoms with Crippen LogP contribution in [0.3, 0.4) is 0 Å². The summed E-state index contributed by atoms with van der Waals surface area (Å²) in [6.45, 7) is 1.39. The molecular formula is C28H33FN8O4S. The van der Waals surface area contributed by atoms with Gasteiger partial charge in [-0.3, -0.25) is 19.2 Å². The first kappa shape index (κ1) is 30.3. The molecule has 0 fully saturated rings. The third kappa shape index (κ3) is 7.14. The van der Waals surface area contributed by atoms with Crippen LogP contribution in [0.1, 0.15) is 47.6 Å². The van der Waals surface area contributed by atoms with Crippen molar-refractivity contribution in [2.45, 2.75) is 6.42 Å². The van der Waals surface area contributed by atoms with E-state index in [1.807, 2.05) is 19.0 Å². The Hall–Kier alpha value is -4.69. The number of halogens is 1. The topological polar surface area (TPSA) is 134 Å². The number of nitrogens with one attached hydrogen (secondary N) is 4. The van der Waals surface area contributed by atoms with E-state index in [2.05, 4.69) is 21.3 Å². The first-order chi connectivity index (χ1) is 19.9. The van der Waals surface area contributed by atoms with Gasteiger partial charge in [0.05, 0.1) is 17.1 Å². The average Bonchev–Trinajstić information content (AvgIpc) is 3.68. The van der Waals surface area contributed by atoms with Crippen LogP contribution in [-0.4, -0.2) is 69.4 Å². The smallest absolute Gasteiger partial charge is 0.272 e. The van der Waals surface area contributed by atoms with Gasteiger partial charge in [0.25, 0.3) is 23.6 Å². The molecule has 222 valence electrons. The van der Waals surface area contributed by atoms with E-state index >= 15 is 0 Å². The monoisotopic (exact) mass is 596 g/mol. The number of carbonyl (C=O) groups is 4. The molecule has 0 aliphatic heterocycles. The quantitative estimate of drug-likeness (QED) is 0.197. The molecule has 42 heavy (non-hydrogen) atoms. The van der Waals surface area contributed by atoms with Crippen molar-refractivity contribution in [3.8, 4) is 0 Å². The predicted molar refractivity (Wildman–Crippen MR) is 160 cm³/mol. The lowest BCUT2D eigenvalue weighted by atomic mass is 10.3. The van der Waals surface area contributed by atoms with Crippen molar-refractivity contribution in [2.75, 3.05) is 43.1 Å². The molecule has 0 bridgehead atoms. The van der Waals surface area contributed by atoms with Gasteiger partial charge in [-0.15, -0.1) is 11.3 Å². The minimum Gasteiger partial charge on any atom is -0.351 e. The summed E-state index contributed by atoms with van der Waals surface area (Å²) in [6.07, 6.45) is 5.60. The van der Waals surface area contributed by atoms with Crippen molar-refractivity contribution >= 4 is 52.0 Å². The molecule has 0 aromatic carbocycles. The Morgan fingerprint density at radius 3 is 1.64 bits per heavy atom. The largest absolute Gasteiger partial charge is 0.351 e. The maximum absolute atomic E-state index is 13.7. The Balaban J connectivity index is 1.37. The molecule has 0 radical (unpaired) electrons. The van der Waals surface area contributed by atoms with Crippen LogP contribution in [-0.2, 0) is 21.1 Å². The summed E-state index contributed by atoms with van der Waals surface area (Å²) in [5.74, 6) is -2.35. The van der Waals surface area contributed by atoms with E-state index in [-0.39, 0.29) is 22.2 Å². The van der Waals surface area contributed by atoms with Crippen LogP contribution in [0.25, 0.3) is 0 Å². The fourth-order valence-corrected chi connectivity index (χ4v) is 4.96. The Labute approximate surface area is 246 Å². The van der Waals surface area contributed by atoms with Gasteiger partial charge >= 0.3 is 0 Å². The minimum absolute atomic E-state index is 0.0504. The SMILES string of the molecule is CN(C)CCCNC(=O)c1cc(NC(=O)c2cc(NC(=O)c3cc(NC(=O)c4sccc4F)cn3C)cn2C)cn1C. The molecule has 14 heteroatoms. The Morgan fingerprint density at radius 2 is 1.21 bits per heavy atom. The number of hydrogen-bond acceptors (Lipinski definition) is 6. The number of rotatable bonds is 11. The molecule has 4 aromatic rings. The van der Waals surface area contributed by atoms with Gasteiger partial charge in [-0.2, -0.15) is 0 Å². The van der Waals surface area contributed by atoms with E-state index in [1.165, 1.54) is 28.1 Å². The average molecular weight is 597 g/mol. The zero-order valence-corrected chi connectivity index (χ0v) is 24.8. The number of hydrogen-bond donors (Lipinski definition) is 4. The summed E-state index contributed by atoms with van der Waals surface area (Å²) in [4.78, 5) is 52.9. The predicted octanol–water partition coefficient (Wildman–Crippen LogP) is 3.34. The Kier molecular flexibility index (Phi) is 9.28. The van der Waals surface area contributed by atoms with Crippen molar-refractivity contribution in [1.82, 2.24) is 23.9 Å². The van der Waals surface area contributed by atoms with Gasteiger partial charge in [0.2, 0.25) is 0 Å². The molecule has 4 aromatic heterocycles. The summed E-state index contributed by atoms with van der Waals surface area (Å²) in [6, 6.07) is 5.81. The van der Waals surface area contributed by atoms with Crippen LogP contribution in [0.2, 0.25) is 0 Å². The highest BCUT2D eigenvalue weighted by Crippen LogP contribution is 2.21. The zero-order chi connectivity index (χ0) is 30.6. The number of nitrogens with zero attached hydrogens (tertiary/aromatic N) is 4. The van der Waals surface area contributed by atoms with Crippen LogP contribution < -0.4 is 21.3 Å². The molecule has 4 heterocycles. The molecule has 0 atom stereocenters. The maximum atomic E-state index is 13.7. The van der Waals surface area contributed by atoms with Crippen molar-refractivity contribution in [3.63, 3.8) is 0 Å². The van der Waals surface area contributed by atoms with Gasteiger partial charge in [-0.05, 0) is 56.7 Å². The summed E-state index contributed by atoms with van der Waals surface area (Å²) < 4.78 is 18.5. The van der Waals surface area contributed by atoms with Crippen LogP contribution in [0.4, 0.5) is 21.5 Å². The van der Waals surface area contributed by atoms with Gasteiger partial charge < -0.3 is 39.9 Å². The third-order valence-electron chi connectivity index (χ3n) is 6.38. The van der Waals surface area contributed by atoms with Crippen molar-refractivity contribution < 1.29 is 23.6 Å². The van der Waals surface area contributed by atoms with Gasteiger partial charge in [0, 0.05) is 46.3 Å². The fourth-order valence-electron chi connectivity index (χ4n) is 4.30. The molecule has 12 nitrogen and oxygen atoms in total. The van der Waals surface area contributed by atoms with E-state index in [9.17, 15) is 23.6 Å². The first-order valence-corrected chi connectivity index (χ1v) is 13.9. The molecule has 4 N–H and O–H groups in total. The second-order valence-corrected chi connectivity index (χ2v) is 11.0. The minimum atomic E-state index is -0.611. The number of aryl methyl sites for hydroxylation is 3. The van der Waals surface area contributed by atoms with Gasteiger partial charge in [0.1, 0.15) is 27.8 Å². The lowest BCUT2D eigenvalue weighted by Crippen LogP contribution is -2.28. The van der Waals surface area contributed by atoms with Gasteiger partial charge in [-0.1, -0.05) is 0 Å². The summed E-state index contributed by atoms with van der Waals surface area (Å²) in [5.41, 5.74) is 2.09. The normalized spacial score (nSPS) is 11.0. The number of aromatic nitrogens is 3. The molecule has 0 spiro atoms. The molecule has 4 rings (SSSR count). The standard InChI is InChI=1S/C28H33FN8O4S/c1-34(2)9-6-8-30-25(38)21-11-17(14-35(21)3)31-26(39)22-12-18(15-36(22)4)32-27(40)23-13-19(16-37(23)5)33-28(41)24-20(29)7-10-42-24/h7,10-16H,6,8-9H2,1-5H3,(H,30,38)(H,31,39)(H,32,40)(H,33,41). The third-order valence-corrected chi connectivity index (χ3v) is 7.27. The molecule has 0 aliphatic carbocycles. The highest BCUT2D eigenvalue weighted by molar-refractivity contribution is 7.12. The van der Waals surface area contributed by atoms with E-state index in [4.69, 9.17) is 0 Å². The number of anilines is 3. The van der Waals surface area contributed by atoms with Crippen molar-refractivity contribution in [1.29, 1.82) is 0 Å². The van der Waals surface area contributed by atoms with E-state index in [0.717, 1.165) is 24.3 Å². The van der Waals surface area contributed by atoms with Crippen molar-refractivity contribution in [3.05, 3.63) is 76.0 Å². The summed E-state index contributed by atoms with van der Waals surface area (Å²) in [5, 5.41) is 12.5. The molecule has 4 amide bonds. The first-order valence-electron chi connectivity index (χ1n) is 13.0. The molecule has 0 aliphatic rings. The Morgan fingerprint density at radius 1 is 0.762 bits per heavy atom. The molecule has 0 saturated carbocycles. The molecule has 0 unspecified atom stereocenters. The lowest BCUT2D eigenvalue weighted by Gasteiger charge is -2.10. The van der Waals surface area contributed by atoms with Crippen molar-refractivity contribution in [2.24, 2.45) is 21.1 Å². The van der Waals surface area contributed by atoms with Crippen LogP contribution in [0.5, 0.6) is 0 Å². The summed E-state index contributed by atoms with van der Waals surface area (Å²) >= 11 is 0.981. The fraction of sp³-hybridized carbons (Fsp3) is 0.286. The van der Waals surface area contributed by atoms with Gasteiger partial charge in [0.15, 0.2) is 0 Å². The maximum Gasteiger partial charge on any atom is 0.272 e. The Bertz CT molecular complexity index is 1630.